The monoisotopic (exact) mass is 496 g/mol. The summed E-state index contributed by atoms with van der Waals surface area (Å²) in [7, 11) is 0. The molecule has 0 aliphatic heterocycles. The summed E-state index contributed by atoms with van der Waals surface area (Å²) < 4.78 is 1.49. The summed E-state index contributed by atoms with van der Waals surface area (Å²) in [5.41, 5.74) is 5.74. The van der Waals surface area contributed by atoms with Crippen LogP contribution in [0.25, 0.3) is 22.3 Å². The van der Waals surface area contributed by atoms with E-state index in [1.165, 1.54) is 4.57 Å². The van der Waals surface area contributed by atoms with Crippen molar-refractivity contribution in [1.29, 1.82) is 0 Å². The van der Waals surface area contributed by atoms with Gasteiger partial charge in [-0.1, -0.05) is 44.2 Å². The predicted molar refractivity (Wildman–Crippen MR) is 149 cm³/mol. The fourth-order valence-corrected chi connectivity index (χ4v) is 4.31. The zero-order valence-corrected chi connectivity index (χ0v) is 21.9. The van der Waals surface area contributed by atoms with Crippen molar-refractivity contribution in [3.8, 4) is 11.3 Å². The minimum absolute atomic E-state index is 0.159. The maximum atomic E-state index is 14.0. The van der Waals surface area contributed by atoms with Crippen LogP contribution in [-0.2, 0) is 16.0 Å². The number of benzene rings is 3. The topological polar surface area (TPSA) is 93.1 Å². The van der Waals surface area contributed by atoms with Crippen molar-refractivity contribution in [2.75, 3.05) is 10.6 Å². The number of aromatic nitrogens is 2. The lowest BCUT2D eigenvalue weighted by Crippen LogP contribution is -2.33. The van der Waals surface area contributed by atoms with Crippen LogP contribution in [0.15, 0.2) is 65.5 Å². The molecule has 0 aliphatic carbocycles. The second-order valence-electron chi connectivity index (χ2n) is 9.17. The van der Waals surface area contributed by atoms with E-state index in [1.807, 2.05) is 69.3 Å². The average molecular weight is 497 g/mol. The van der Waals surface area contributed by atoms with Crippen LogP contribution in [0.2, 0.25) is 0 Å². The normalized spacial score (nSPS) is 11.8. The Hall–Kier alpha value is -4.26. The van der Waals surface area contributed by atoms with E-state index in [0.29, 0.717) is 34.4 Å². The van der Waals surface area contributed by atoms with E-state index in [2.05, 4.69) is 10.6 Å². The van der Waals surface area contributed by atoms with Crippen LogP contribution in [0, 0.1) is 13.8 Å². The molecule has 4 rings (SSSR count). The van der Waals surface area contributed by atoms with Crippen LogP contribution in [0.3, 0.4) is 0 Å². The zero-order chi connectivity index (χ0) is 26.7. The molecule has 37 heavy (non-hydrogen) atoms. The molecule has 190 valence electrons. The minimum Gasteiger partial charge on any atom is -0.325 e. The number of carbonyl (C=O) groups is 2. The number of para-hydroxylation sites is 2. The molecule has 7 heteroatoms. The first-order chi connectivity index (χ1) is 17.7. The number of anilines is 2. The van der Waals surface area contributed by atoms with E-state index < -0.39 is 11.6 Å². The SMILES string of the molecule is CCC(=O)Nc1ccc(CC)cc1-c1nc2ccccc2n([C@@H](C)C(=O)Nc2cccc(C)c2C)c1=O. The van der Waals surface area contributed by atoms with E-state index in [0.717, 1.165) is 23.1 Å². The van der Waals surface area contributed by atoms with Gasteiger partial charge in [-0.15, -0.1) is 0 Å². The molecule has 0 spiro atoms. The smallest absolute Gasteiger partial charge is 0.278 e. The highest BCUT2D eigenvalue weighted by molar-refractivity contribution is 5.97. The summed E-state index contributed by atoms with van der Waals surface area (Å²) in [6.45, 7) is 9.44. The Kier molecular flexibility index (Phi) is 7.53. The Morgan fingerprint density at radius 2 is 1.70 bits per heavy atom. The first-order valence-electron chi connectivity index (χ1n) is 12.6. The van der Waals surface area contributed by atoms with Gasteiger partial charge in [-0.05, 0) is 74.2 Å². The highest BCUT2D eigenvalue weighted by Gasteiger charge is 2.24. The fourth-order valence-electron chi connectivity index (χ4n) is 4.31. The molecule has 0 radical (unpaired) electrons. The Labute approximate surface area is 216 Å². The van der Waals surface area contributed by atoms with Gasteiger partial charge >= 0.3 is 0 Å². The summed E-state index contributed by atoms with van der Waals surface area (Å²) in [5, 5.41) is 5.88. The number of aryl methyl sites for hydroxylation is 2. The number of carbonyl (C=O) groups excluding carboxylic acids is 2. The molecule has 0 bridgehead atoms. The van der Waals surface area contributed by atoms with Crippen LogP contribution >= 0.6 is 0 Å². The summed E-state index contributed by atoms with van der Waals surface area (Å²) in [6, 6.07) is 17.8. The molecular weight excluding hydrogens is 464 g/mol. The summed E-state index contributed by atoms with van der Waals surface area (Å²) in [5.74, 6) is -0.465. The van der Waals surface area contributed by atoms with Crippen molar-refractivity contribution >= 4 is 34.2 Å². The van der Waals surface area contributed by atoms with Gasteiger partial charge in [-0.2, -0.15) is 0 Å². The van der Waals surface area contributed by atoms with Crippen molar-refractivity contribution in [3.05, 3.63) is 87.7 Å². The molecule has 2 amide bonds. The molecule has 3 aromatic carbocycles. The van der Waals surface area contributed by atoms with Gasteiger partial charge < -0.3 is 10.6 Å². The zero-order valence-electron chi connectivity index (χ0n) is 21.9. The Morgan fingerprint density at radius 3 is 2.43 bits per heavy atom. The Morgan fingerprint density at radius 1 is 0.946 bits per heavy atom. The van der Waals surface area contributed by atoms with Crippen molar-refractivity contribution in [1.82, 2.24) is 9.55 Å². The van der Waals surface area contributed by atoms with Crippen LogP contribution in [0.1, 0.15) is 49.9 Å². The Balaban J connectivity index is 1.88. The van der Waals surface area contributed by atoms with Crippen LogP contribution in [-0.4, -0.2) is 21.4 Å². The minimum atomic E-state index is -0.817. The van der Waals surface area contributed by atoms with E-state index in [1.54, 1.807) is 26.0 Å². The lowest BCUT2D eigenvalue weighted by atomic mass is 10.0. The summed E-state index contributed by atoms with van der Waals surface area (Å²) >= 11 is 0. The highest BCUT2D eigenvalue weighted by Crippen LogP contribution is 2.29. The van der Waals surface area contributed by atoms with Crippen molar-refractivity contribution in [2.45, 2.75) is 53.5 Å². The number of fused-ring (bicyclic) bond motifs is 1. The van der Waals surface area contributed by atoms with E-state index >= 15 is 0 Å². The molecule has 2 N–H and O–H groups in total. The van der Waals surface area contributed by atoms with Gasteiger partial charge in [0.05, 0.1) is 16.7 Å². The van der Waals surface area contributed by atoms with Crippen molar-refractivity contribution < 1.29 is 9.59 Å². The molecule has 7 nitrogen and oxygen atoms in total. The predicted octanol–water partition coefficient (Wildman–Crippen LogP) is 5.79. The first-order valence-corrected chi connectivity index (χ1v) is 12.6. The maximum absolute atomic E-state index is 14.0. The lowest BCUT2D eigenvalue weighted by molar-refractivity contribution is -0.119. The third-order valence-corrected chi connectivity index (χ3v) is 6.77. The number of hydrogen-bond acceptors (Lipinski definition) is 4. The van der Waals surface area contributed by atoms with E-state index in [4.69, 9.17) is 4.98 Å². The molecule has 1 atom stereocenters. The van der Waals surface area contributed by atoms with Crippen molar-refractivity contribution in [3.63, 3.8) is 0 Å². The maximum Gasteiger partial charge on any atom is 0.278 e. The number of rotatable bonds is 7. The van der Waals surface area contributed by atoms with Crippen LogP contribution < -0.4 is 16.2 Å². The van der Waals surface area contributed by atoms with Gasteiger partial charge in [0.25, 0.3) is 5.56 Å². The van der Waals surface area contributed by atoms with E-state index in [-0.39, 0.29) is 17.5 Å². The number of nitrogens with one attached hydrogen (secondary N) is 2. The summed E-state index contributed by atoms with van der Waals surface area (Å²) in [4.78, 5) is 44.4. The van der Waals surface area contributed by atoms with Gasteiger partial charge in [0.15, 0.2) is 0 Å². The third-order valence-electron chi connectivity index (χ3n) is 6.77. The Bertz CT molecular complexity index is 1550. The molecular formula is C30H32N4O3. The van der Waals surface area contributed by atoms with Crippen molar-refractivity contribution in [2.24, 2.45) is 0 Å². The van der Waals surface area contributed by atoms with Gasteiger partial charge in [0.1, 0.15) is 11.7 Å². The largest absolute Gasteiger partial charge is 0.325 e. The molecule has 4 aromatic rings. The molecule has 0 aliphatic rings. The number of hydrogen-bond donors (Lipinski definition) is 2. The second kappa shape index (κ2) is 10.8. The van der Waals surface area contributed by atoms with E-state index in [9.17, 15) is 14.4 Å². The lowest BCUT2D eigenvalue weighted by Gasteiger charge is -2.20. The fraction of sp³-hybridized carbons (Fsp3) is 0.267. The van der Waals surface area contributed by atoms with Gasteiger partial charge in [-0.25, -0.2) is 4.98 Å². The van der Waals surface area contributed by atoms with Gasteiger partial charge in [-0.3, -0.25) is 19.0 Å². The quantitative estimate of drug-likeness (QED) is 0.339. The first kappa shape index (κ1) is 25.8. The standard InChI is InChI=1S/C30H32N4O3/c1-6-21-15-16-24(31-27(35)7-2)22(17-21)28-30(37)34(26-14-9-8-12-25(26)32-28)20(5)29(36)33-23-13-10-11-18(3)19(23)4/h8-17,20H,6-7H2,1-5H3,(H,31,35)(H,33,36)/t20-/m0/s1. The number of nitrogens with zero attached hydrogens (tertiary/aromatic N) is 2. The van der Waals surface area contributed by atoms with Gasteiger partial charge in [0, 0.05) is 17.7 Å². The molecule has 0 saturated carbocycles. The third kappa shape index (κ3) is 5.16. The second-order valence-corrected chi connectivity index (χ2v) is 9.17. The highest BCUT2D eigenvalue weighted by atomic mass is 16.2. The molecule has 1 heterocycles. The molecule has 1 aromatic heterocycles. The van der Waals surface area contributed by atoms with Gasteiger partial charge in [0.2, 0.25) is 11.8 Å². The molecule has 0 fully saturated rings. The molecule has 0 unspecified atom stereocenters. The summed E-state index contributed by atoms with van der Waals surface area (Å²) in [6.07, 6.45) is 1.06. The van der Waals surface area contributed by atoms with Crippen LogP contribution in [0.5, 0.6) is 0 Å². The van der Waals surface area contributed by atoms with Crippen LogP contribution in [0.4, 0.5) is 11.4 Å². The number of amides is 2. The molecule has 0 saturated heterocycles. The average Bonchev–Trinajstić information content (AvgIpc) is 2.90.